The van der Waals surface area contributed by atoms with Gasteiger partial charge in [0, 0.05) is 24.3 Å². The number of amides is 2. The highest BCUT2D eigenvalue weighted by molar-refractivity contribution is 5.98. The average molecular weight is 385 g/mol. The number of nitrogens with one attached hydrogen (secondary N) is 2. The number of hydrogen-bond donors (Lipinski definition) is 3. The molecule has 0 radical (unpaired) electrons. The molecule has 1 heterocycles. The molecule has 2 aromatic rings. The largest absolute Gasteiger partial charge is 0.497 e. The fourth-order valence-electron chi connectivity index (χ4n) is 2.96. The second-order valence-corrected chi connectivity index (χ2v) is 6.17. The number of rotatable bonds is 5. The highest BCUT2D eigenvalue weighted by Crippen LogP contribution is 2.23. The monoisotopic (exact) mass is 385 g/mol. The van der Waals surface area contributed by atoms with Gasteiger partial charge in [0.2, 0.25) is 5.91 Å². The Morgan fingerprint density at radius 2 is 1.89 bits per heavy atom. The Kier molecular flexibility index (Phi) is 7.98. The second kappa shape index (κ2) is 10.4. The predicted octanol–water partition coefficient (Wildman–Crippen LogP) is 2.84. The Balaban J connectivity index is 0.00000136. The lowest BCUT2D eigenvalue weighted by Crippen LogP contribution is -2.31. The van der Waals surface area contributed by atoms with E-state index in [-0.39, 0.29) is 12.5 Å². The van der Waals surface area contributed by atoms with E-state index in [0.717, 1.165) is 24.3 Å². The number of carbonyl (C=O) groups excluding carboxylic acids is 2. The lowest BCUT2D eigenvalue weighted by atomic mass is 10.1. The van der Waals surface area contributed by atoms with Gasteiger partial charge in [-0.3, -0.25) is 19.7 Å². The Bertz CT molecular complexity index is 806. The minimum absolute atomic E-state index is 0.125. The second-order valence-electron chi connectivity index (χ2n) is 6.17. The normalized spacial score (nSPS) is 13.4. The predicted molar refractivity (Wildman–Crippen MR) is 108 cm³/mol. The molecule has 3 N–H and O–H groups in total. The number of methoxy groups -OCH3 is 1. The molecule has 0 aliphatic carbocycles. The number of fused-ring (bicyclic) bond motifs is 1. The number of nitrogens with zero attached hydrogens (tertiary/aromatic N) is 1. The van der Waals surface area contributed by atoms with E-state index in [4.69, 9.17) is 9.94 Å². The lowest BCUT2D eigenvalue weighted by molar-refractivity contribution is -0.117. The van der Waals surface area contributed by atoms with Crippen LogP contribution in [0.25, 0.3) is 0 Å². The Hall–Kier alpha value is -2.90. The molecule has 3 rings (SSSR count). The first kappa shape index (κ1) is 21.4. The fourth-order valence-corrected chi connectivity index (χ4v) is 2.96. The molecule has 7 heteroatoms. The third kappa shape index (κ3) is 5.55. The zero-order valence-electron chi connectivity index (χ0n) is 16.5. The van der Waals surface area contributed by atoms with Crippen LogP contribution < -0.4 is 15.5 Å². The first-order valence-corrected chi connectivity index (χ1v) is 9.31. The topological polar surface area (TPSA) is 90.9 Å². The standard InChI is InChI=1S/C19H21N3O4.C2H6/c1-26-16-6-2-13(3-7-16)8-9-22-11-15-5-4-14(19(24)21-25)10-17(15)20-18(23)12-22;1-2/h2-7,10,25H,8-9,11-12H2,1H3,(H,20,23)(H,21,24);1-2H3. The van der Waals surface area contributed by atoms with Crippen LogP contribution in [-0.4, -0.2) is 42.1 Å². The summed E-state index contributed by atoms with van der Waals surface area (Å²) in [7, 11) is 1.64. The van der Waals surface area contributed by atoms with Gasteiger partial charge >= 0.3 is 0 Å². The molecule has 0 saturated carbocycles. The van der Waals surface area contributed by atoms with Gasteiger partial charge in [-0.2, -0.15) is 0 Å². The smallest absolute Gasteiger partial charge is 0.274 e. The van der Waals surface area contributed by atoms with Gasteiger partial charge in [0.25, 0.3) is 5.91 Å². The van der Waals surface area contributed by atoms with Crippen molar-refractivity contribution >= 4 is 17.5 Å². The van der Waals surface area contributed by atoms with E-state index in [1.807, 2.05) is 38.1 Å². The average Bonchev–Trinajstić information content (AvgIpc) is 2.90. The van der Waals surface area contributed by atoms with Crippen LogP contribution in [0, 0.1) is 0 Å². The summed E-state index contributed by atoms with van der Waals surface area (Å²) in [5.74, 6) is 0.0854. The van der Waals surface area contributed by atoms with Gasteiger partial charge in [0.15, 0.2) is 0 Å². The third-order valence-electron chi connectivity index (χ3n) is 4.38. The van der Waals surface area contributed by atoms with Gasteiger partial charge in [-0.25, -0.2) is 5.48 Å². The summed E-state index contributed by atoms with van der Waals surface area (Å²) in [5.41, 5.74) is 4.59. The van der Waals surface area contributed by atoms with Crippen LogP contribution in [0.3, 0.4) is 0 Å². The molecule has 0 atom stereocenters. The molecule has 150 valence electrons. The zero-order valence-corrected chi connectivity index (χ0v) is 16.5. The minimum atomic E-state index is -0.609. The van der Waals surface area contributed by atoms with E-state index in [1.54, 1.807) is 30.8 Å². The van der Waals surface area contributed by atoms with Crippen molar-refractivity contribution in [1.29, 1.82) is 0 Å². The van der Waals surface area contributed by atoms with Crippen molar-refractivity contribution in [3.63, 3.8) is 0 Å². The van der Waals surface area contributed by atoms with Crippen LogP contribution in [0.4, 0.5) is 5.69 Å². The molecular weight excluding hydrogens is 358 g/mol. The molecular formula is C21H27N3O4. The summed E-state index contributed by atoms with van der Waals surface area (Å²) in [4.78, 5) is 25.8. The summed E-state index contributed by atoms with van der Waals surface area (Å²) in [5, 5.41) is 11.6. The van der Waals surface area contributed by atoms with Gasteiger partial charge in [-0.05, 0) is 41.8 Å². The molecule has 2 aromatic carbocycles. The summed E-state index contributed by atoms with van der Waals surface area (Å²) >= 11 is 0. The summed E-state index contributed by atoms with van der Waals surface area (Å²) < 4.78 is 5.16. The number of carbonyl (C=O) groups is 2. The van der Waals surface area contributed by atoms with E-state index in [9.17, 15) is 9.59 Å². The number of ether oxygens (including phenoxy) is 1. The van der Waals surface area contributed by atoms with Gasteiger partial charge in [-0.1, -0.05) is 32.0 Å². The maximum Gasteiger partial charge on any atom is 0.274 e. The molecule has 28 heavy (non-hydrogen) atoms. The Morgan fingerprint density at radius 1 is 1.18 bits per heavy atom. The highest BCUT2D eigenvalue weighted by Gasteiger charge is 2.20. The first-order valence-electron chi connectivity index (χ1n) is 9.31. The molecule has 0 aromatic heterocycles. The Labute approximate surface area is 165 Å². The molecule has 7 nitrogen and oxygen atoms in total. The molecule has 0 unspecified atom stereocenters. The van der Waals surface area contributed by atoms with Crippen molar-refractivity contribution in [3.05, 3.63) is 59.2 Å². The van der Waals surface area contributed by atoms with Crippen molar-refractivity contribution in [2.24, 2.45) is 0 Å². The van der Waals surface area contributed by atoms with Crippen LogP contribution in [0.15, 0.2) is 42.5 Å². The summed E-state index contributed by atoms with van der Waals surface area (Å²) in [6.07, 6.45) is 0.817. The van der Waals surface area contributed by atoms with E-state index in [2.05, 4.69) is 10.2 Å². The van der Waals surface area contributed by atoms with Crippen LogP contribution in [-0.2, 0) is 17.8 Å². The molecule has 0 fully saturated rings. The van der Waals surface area contributed by atoms with E-state index in [0.29, 0.717) is 17.8 Å². The van der Waals surface area contributed by atoms with Crippen molar-refractivity contribution in [3.8, 4) is 5.75 Å². The van der Waals surface area contributed by atoms with Gasteiger partial charge in [0.1, 0.15) is 5.75 Å². The van der Waals surface area contributed by atoms with Gasteiger partial charge in [0.05, 0.1) is 13.7 Å². The van der Waals surface area contributed by atoms with Crippen molar-refractivity contribution in [1.82, 2.24) is 10.4 Å². The molecule has 0 spiro atoms. The van der Waals surface area contributed by atoms with Crippen molar-refractivity contribution in [2.45, 2.75) is 26.8 Å². The van der Waals surface area contributed by atoms with Gasteiger partial charge in [-0.15, -0.1) is 0 Å². The summed E-state index contributed by atoms with van der Waals surface area (Å²) in [6, 6.07) is 12.9. The first-order chi connectivity index (χ1) is 13.6. The zero-order chi connectivity index (χ0) is 20.5. The number of hydrogen-bond acceptors (Lipinski definition) is 5. The maximum atomic E-state index is 12.2. The quantitative estimate of drug-likeness (QED) is 0.544. The van der Waals surface area contributed by atoms with Crippen LogP contribution in [0.5, 0.6) is 5.75 Å². The fraction of sp³-hybridized carbons (Fsp3) is 0.333. The van der Waals surface area contributed by atoms with Crippen molar-refractivity contribution in [2.75, 3.05) is 25.5 Å². The van der Waals surface area contributed by atoms with Gasteiger partial charge < -0.3 is 10.1 Å². The number of hydroxylamine groups is 1. The van der Waals surface area contributed by atoms with Crippen LogP contribution in [0.2, 0.25) is 0 Å². The maximum absolute atomic E-state index is 12.2. The molecule has 0 bridgehead atoms. The molecule has 0 saturated heterocycles. The summed E-state index contributed by atoms with van der Waals surface area (Å²) in [6.45, 7) is 5.62. The number of anilines is 1. The van der Waals surface area contributed by atoms with E-state index in [1.165, 1.54) is 5.56 Å². The van der Waals surface area contributed by atoms with E-state index >= 15 is 0 Å². The molecule has 1 aliphatic rings. The van der Waals surface area contributed by atoms with Crippen LogP contribution >= 0.6 is 0 Å². The van der Waals surface area contributed by atoms with Crippen LogP contribution in [0.1, 0.15) is 35.3 Å². The third-order valence-corrected chi connectivity index (χ3v) is 4.38. The Morgan fingerprint density at radius 3 is 2.54 bits per heavy atom. The minimum Gasteiger partial charge on any atom is -0.497 e. The molecule has 2 amide bonds. The highest BCUT2D eigenvalue weighted by atomic mass is 16.5. The lowest BCUT2D eigenvalue weighted by Gasteiger charge is -2.19. The molecule has 1 aliphatic heterocycles. The van der Waals surface area contributed by atoms with Crippen molar-refractivity contribution < 1.29 is 19.5 Å². The number of benzene rings is 2. The SMILES string of the molecule is CC.COc1ccc(CCN2CC(=O)Nc3cc(C(=O)NO)ccc3C2)cc1. The van der Waals surface area contributed by atoms with E-state index < -0.39 is 5.91 Å².